The van der Waals surface area contributed by atoms with Crippen molar-refractivity contribution in [1.82, 2.24) is 4.90 Å². The largest absolute Gasteiger partial charge is 0.322 e. The van der Waals surface area contributed by atoms with E-state index >= 15 is 0 Å². The molecule has 25 heavy (non-hydrogen) atoms. The fourth-order valence-corrected chi connectivity index (χ4v) is 3.50. The SMILES string of the molecule is Cc1cc(C)cc(NC(=O)c2cccc(CN3C(=O)CSC3=O)c2)c1. The molecule has 2 aromatic rings. The van der Waals surface area contributed by atoms with Gasteiger partial charge in [-0.15, -0.1) is 0 Å². The number of carbonyl (C=O) groups is 3. The molecular formula is C19H18N2O3S. The van der Waals surface area contributed by atoms with E-state index in [1.165, 1.54) is 4.90 Å². The average molecular weight is 354 g/mol. The van der Waals surface area contributed by atoms with E-state index in [0.717, 1.165) is 34.1 Å². The third-order valence-electron chi connectivity index (χ3n) is 3.85. The molecule has 0 spiro atoms. The number of rotatable bonds is 4. The summed E-state index contributed by atoms with van der Waals surface area (Å²) in [5, 5.41) is 2.65. The van der Waals surface area contributed by atoms with E-state index in [9.17, 15) is 14.4 Å². The van der Waals surface area contributed by atoms with Crippen LogP contribution in [-0.2, 0) is 11.3 Å². The Hall–Kier alpha value is -2.60. The van der Waals surface area contributed by atoms with Crippen LogP contribution in [0.15, 0.2) is 42.5 Å². The summed E-state index contributed by atoms with van der Waals surface area (Å²) in [6.45, 7) is 4.14. The van der Waals surface area contributed by atoms with Crippen molar-refractivity contribution < 1.29 is 14.4 Å². The Morgan fingerprint density at radius 2 is 1.84 bits per heavy atom. The van der Waals surface area contributed by atoms with Crippen LogP contribution in [0.3, 0.4) is 0 Å². The summed E-state index contributed by atoms with van der Waals surface area (Å²) in [7, 11) is 0. The molecule has 0 bridgehead atoms. The van der Waals surface area contributed by atoms with E-state index in [2.05, 4.69) is 5.32 Å². The highest BCUT2D eigenvalue weighted by molar-refractivity contribution is 8.14. The van der Waals surface area contributed by atoms with Crippen LogP contribution >= 0.6 is 11.8 Å². The molecule has 1 saturated heterocycles. The quantitative estimate of drug-likeness (QED) is 0.908. The number of amides is 3. The lowest BCUT2D eigenvalue weighted by Gasteiger charge is -2.13. The summed E-state index contributed by atoms with van der Waals surface area (Å²) in [5.74, 6) is -0.230. The second-order valence-electron chi connectivity index (χ2n) is 6.07. The molecule has 3 amide bonds. The number of carbonyl (C=O) groups excluding carboxylic acids is 3. The lowest BCUT2D eigenvalue weighted by molar-refractivity contribution is -0.125. The number of benzene rings is 2. The first-order valence-electron chi connectivity index (χ1n) is 7.88. The van der Waals surface area contributed by atoms with Crippen molar-refractivity contribution in [3.8, 4) is 0 Å². The lowest BCUT2D eigenvalue weighted by Crippen LogP contribution is -2.28. The topological polar surface area (TPSA) is 66.5 Å². The number of thioether (sulfide) groups is 1. The van der Waals surface area contributed by atoms with Gasteiger partial charge in [0.2, 0.25) is 5.91 Å². The molecule has 2 aromatic carbocycles. The van der Waals surface area contributed by atoms with Crippen molar-refractivity contribution in [2.24, 2.45) is 0 Å². The normalized spacial score (nSPS) is 14.1. The Morgan fingerprint density at radius 3 is 2.48 bits per heavy atom. The van der Waals surface area contributed by atoms with Gasteiger partial charge in [0.15, 0.2) is 0 Å². The molecule has 0 saturated carbocycles. The molecule has 0 aromatic heterocycles. The first-order valence-corrected chi connectivity index (χ1v) is 8.86. The minimum Gasteiger partial charge on any atom is -0.322 e. The summed E-state index contributed by atoms with van der Waals surface area (Å²) in [6.07, 6.45) is 0. The highest BCUT2D eigenvalue weighted by atomic mass is 32.2. The van der Waals surface area contributed by atoms with E-state index in [1.807, 2.05) is 32.0 Å². The first kappa shape index (κ1) is 17.2. The maximum absolute atomic E-state index is 12.5. The number of nitrogens with zero attached hydrogens (tertiary/aromatic N) is 1. The second-order valence-corrected chi connectivity index (χ2v) is 6.99. The summed E-state index contributed by atoms with van der Waals surface area (Å²) in [6, 6.07) is 12.8. The van der Waals surface area contributed by atoms with Gasteiger partial charge in [-0.25, -0.2) is 0 Å². The van der Waals surface area contributed by atoms with Gasteiger partial charge in [0.05, 0.1) is 12.3 Å². The maximum Gasteiger partial charge on any atom is 0.289 e. The number of hydrogen-bond acceptors (Lipinski definition) is 4. The number of aryl methyl sites for hydroxylation is 2. The molecule has 128 valence electrons. The van der Waals surface area contributed by atoms with Crippen LogP contribution in [0.2, 0.25) is 0 Å². The van der Waals surface area contributed by atoms with Gasteiger partial charge in [-0.1, -0.05) is 30.0 Å². The van der Waals surface area contributed by atoms with E-state index in [0.29, 0.717) is 5.56 Å². The van der Waals surface area contributed by atoms with E-state index in [4.69, 9.17) is 0 Å². The Morgan fingerprint density at radius 1 is 1.12 bits per heavy atom. The minimum atomic E-state index is -0.241. The number of hydrogen-bond donors (Lipinski definition) is 1. The molecule has 0 atom stereocenters. The van der Waals surface area contributed by atoms with E-state index in [1.54, 1.807) is 24.3 Å². The van der Waals surface area contributed by atoms with Crippen molar-refractivity contribution in [1.29, 1.82) is 0 Å². The molecule has 3 rings (SSSR count). The molecule has 0 aliphatic carbocycles. The number of nitrogens with one attached hydrogen (secondary N) is 1. The van der Waals surface area contributed by atoms with Gasteiger partial charge in [-0.05, 0) is 54.8 Å². The van der Waals surface area contributed by atoms with Gasteiger partial charge >= 0.3 is 0 Å². The zero-order valence-corrected chi connectivity index (χ0v) is 14.9. The Bertz CT molecular complexity index is 827. The van der Waals surface area contributed by atoms with Crippen molar-refractivity contribution in [3.05, 3.63) is 64.7 Å². The van der Waals surface area contributed by atoms with Crippen LogP contribution in [0.5, 0.6) is 0 Å². The fourth-order valence-electron chi connectivity index (χ4n) is 2.78. The van der Waals surface area contributed by atoms with Crippen LogP contribution < -0.4 is 5.32 Å². The maximum atomic E-state index is 12.5. The van der Waals surface area contributed by atoms with Gasteiger partial charge in [-0.2, -0.15) is 0 Å². The lowest BCUT2D eigenvalue weighted by atomic mass is 10.1. The smallest absolute Gasteiger partial charge is 0.289 e. The molecule has 1 aliphatic heterocycles. The molecule has 0 radical (unpaired) electrons. The molecule has 1 N–H and O–H groups in total. The zero-order valence-electron chi connectivity index (χ0n) is 14.0. The predicted molar refractivity (Wildman–Crippen MR) is 98.7 cm³/mol. The Balaban J connectivity index is 1.75. The predicted octanol–water partition coefficient (Wildman–Crippen LogP) is 3.75. The van der Waals surface area contributed by atoms with Gasteiger partial charge in [0.25, 0.3) is 11.1 Å². The molecule has 0 unspecified atom stereocenters. The molecule has 5 nitrogen and oxygen atoms in total. The molecule has 6 heteroatoms. The average Bonchev–Trinajstić information content (AvgIpc) is 2.86. The van der Waals surface area contributed by atoms with E-state index < -0.39 is 0 Å². The fraction of sp³-hybridized carbons (Fsp3) is 0.211. The van der Waals surface area contributed by atoms with Crippen molar-refractivity contribution in [2.45, 2.75) is 20.4 Å². The van der Waals surface area contributed by atoms with Gasteiger partial charge in [0.1, 0.15) is 0 Å². The molecule has 1 fully saturated rings. The minimum absolute atomic E-state index is 0.186. The van der Waals surface area contributed by atoms with Crippen molar-refractivity contribution >= 4 is 34.5 Å². The van der Waals surface area contributed by atoms with Gasteiger partial charge < -0.3 is 5.32 Å². The monoisotopic (exact) mass is 354 g/mol. The second kappa shape index (κ2) is 7.11. The highest BCUT2D eigenvalue weighted by Crippen LogP contribution is 2.22. The first-order chi connectivity index (χ1) is 11.9. The van der Waals surface area contributed by atoms with Crippen LogP contribution in [-0.4, -0.2) is 27.7 Å². The summed E-state index contributed by atoms with van der Waals surface area (Å²) in [5.41, 5.74) is 4.13. The van der Waals surface area contributed by atoms with Gasteiger partial charge in [-0.3, -0.25) is 19.3 Å². The standard InChI is InChI=1S/C19H18N2O3S/c1-12-6-13(2)8-16(7-12)20-18(23)15-5-3-4-14(9-15)10-21-17(22)11-25-19(21)24/h3-9H,10-11H2,1-2H3,(H,20,23). The number of imide groups is 1. The Kier molecular flexibility index (Phi) is 4.90. The van der Waals surface area contributed by atoms with Crippen LogP contribution in [0, 0.1) is 13.8 Å². The van der Waals surface area contributed by atoms with Crippen LogP contribution in [0.4, 0.5) is 10.5 Å². The van der Waals surface area contributed by atoms with Gasteiger partial charge in [0, 0.05) is 11.3 Å². The third kappa shape index (κ3) is 4.09. The van der Waals surface area contributed by atoms with E-state index in [-0.39, 0.29) is 29.4 Å². The third-order valence-corrected chi connectivity index (χ3v) is 4.71. The molecular weight excluding hydrogens is 336 g/mol. The molecule has 1 heterocycles. The van der Waals surface area contributed by atoms with Crippen molar-refractivity contribution in [2.75, 3.05) is 11.1 Å². The van der Waals surface area contributed by atoms with Crippen molar-refractivity contribution in [3.63, 3.8) is 0 Å². The Labute approximate surface area is 150 Å². The highest BCUT2D eigenvalue weighted by Gasteiger charge is 2.29. The molecule has 1 aliphatic rings. The van der Waals surface area contributed by atoms with Crippen LogP contribution in [0.25, 0.3) is 0 Å². The van der Waals surface area contributed by atoms with Crippen LogP contribution in [0.1, 0.15) is 27.0 Å². The summed E-state index contributed by atoms with van der Waals surface area (Å²) < 4.78 is 0. The summed E-state index contributed by atoms with van der Waals surface area (Å²) in [4.78, 5) is 37.1. The summed E-state index contributed by atoms with van der Waals surface area (Å²) >= 11 is 1.01. The zero-order chi connectivity index (χ0) is 18.0. The number of anilines is 1.